The van der Waals surface area contributed by atoms with Crippen molar-refractivity contribution in [2.75, 3.05) is 24.6 Å². The highest BCUT2D eigenvalue weighted by atomic mass is 16.5. The lowest BCUT2D eigenvalue weighted by atomic mass is 10.1. The molecule has 0 aromatic heterocycles. The lowest BCUT2D eigenvalue weighted by Crippen LogP contribution is -2.39. The van der Waals surface area contributed by atoms with Crippen LogP contribution >= 0.6 is 0 Å². The molecule has 1 aromatic carbocycles. The molecule has 1 aliphatic rings. The Labute approximate surface area is 103 Å². The SMILES string of the molecule is CCOC1CCCN(c2ccc(C#N)cc2)C1. The summed E-state index contributed by atoms with van der Waals surface area (Å²) in [5, 5.41) is 8.77. The maximum Gasteiger partial charge on any atom is 0.0991 e. The fourth-order valence-corrected chi connectivity index (χ4v) is 2.29. The molecule has 0 spiro atoms. The van der Waals surface area contributed by atoms with Crippen molar-refractivity contribution in [1.82, 2.24) is 0 Å². The molecule has 1 heterocycles. The molecule has 0 aliphatic carbocycles. The van der Waals surface area contributed by atoms with Gasteiger partial charge in [0.25, 0.3) is 0 Å². The molecule has 0 saturated carbocycles. The van der Waals surface area contributed by atoms with Gasteiger partial charge in [-0.05, 0) is 44.0 Å². The standard InChI is InChI=1S/C14H18N2O/c1-2-17-14-4-3-9-16(11-14)13-7-5-12(10-15)6-8-13/h5-8,14H,2-4,9,11H2,1H3. The highest BCUT2D eigenvalue weighted by molar-refractivity contribution is 5.50. The molecule has 1 aliphatic heterocycles. The van der Waals surface area contributed by atoms with Gasteiger partial charge in [0.05, 0.1) is 17.7 Å². The summed E-state index contributed by atoms with van der Waals surface area (Å²) in [7, 11) is 0. The predicted octanol–water partition coefficient (Wildman–Crippen LogP) is 2.56. The molecule has 2 rings (SSSR count). The molecule has 0 bridgehead atoms. The van der Waals surface area contributed by atoms with Crippen molar-refractivity contribution >= 4 is 5.69 Å². The molecular formula is C14H18N2O. The maximum atomic E-state index is 8.77. The van der Waals surface area contributed by atoms with E-state index < -0.39 is 0 Å². The van der Waals surface area contributed by atoms with Gasteiger partial charge in [0.1, 0.15) is 0 Å². The average molecular weight is 230 g/mol. The zero-order chi connectivity index (χ0) is 12.1. The number of ether oxygens (including phenoxy) is 1. The number of benzene rings is 1. The van der Waals surface area contributed by atoms with Crippen LogP contribution in [0.1, 0.15) is 25.3 Å². The van der Waals surface area contributed by atoms with E-state index in [1.54, 1.807) is 0 Å². The summed E-state index contributed by atoms with van der Waals surface area (Å²) in [5.41, 5.74) is 1.90. The Hall–Kier alpha value is -1.53. The molecular weight excluding hydrogens is 212 g/mol. The predicted molar refractivity (Wildman–Crippen MR) is 68.0 cm³/mol. The molecule has 0 amide bonds. The Bertz CT molecular complexity index is 392. The summed E-state index contributed by atoms with van der Waals surface area (Å²) >= 11 is 0. The Morgan fingerprint density at radius 1 is 1.41 bits per heavy atom. The van der Waals surface area contributed by atoms with Crippen molar-refractivity contribution in [2.24, 2.45) is 0 Å². The molecule has 1 fully saturated rings. The minimum absolute atomic E-state index is 0.351. The van der Waals surface area contributed by atoms with Crippen molar-refractivity contribution in [3.63, 3.8) is 0 Å². The highest BCUT2D eigenvalue weighted by Gasteiger charge is 2.19. The smallest absolute Gasteiger partial charge is 0.0991 e. The summed E-state index contributed by atoms with van der Waals surface area (Å²) < 4.78 is 5.69. The van der Waals surface area contributed by atoms with Gasteiger partial charge in [0, 0.05) is 25.4 Å². The number of anilines is 1. The van der Waals surface area contributed by atoms with E-state index in [2.05, 4.69) is 11.0 Å². The third kappa shape index (κ3) is 2.98. The molecule has 0 N–H and O–H groups in total. The van der Waals surface area contributed by atoms with Crippen LogP contribution in [0.15, 0.2) is 24.3 Å². The van der Waals surface area contributed by atoms with Gasteiger partial charge < -0.3 is 9.64 Å². The van der Waals surface area contributed by atoms with Crippen LogP contribution in [0.4, 0.5) is 5.69 Å². The lowest BCUT2D eigenvalue weighted by molar-refractivity contribution is 0.0527. The summed E-state index contributed by atoms with van der Waals surface area (Å²) in [6.45, 7) is 4.86. The maximum absolute atomic E-state index is 8.77. The molecule has 0 radical (unpaired) electrons. The van der Waals surface area contributed by atoms with Gasteiger partial charge in [-0.25, -0.2) is 0 Å². The Kier molecular flexibility index (Phi) is 4.00. The largest absolute Gasteiger partial charge is 0.377 e. The second kappa shape index (κ2) is 5.70. The highest BCUT2D eigenvalue weighted by Crippen LogP contribution is 2.21. The second-order valence-corrected chi connectivity index (χ2v) is 4.32. The lowest BCUT2D eigenvalue weighted by Gasteiger charge is -2.34. The summed E-state index contributed by atoms with van der Waals surface area (Å²) in [6, 6.07) is 9.93. The fraction of sp³-hybridized carbons (Fsp3) is 0.500. The van der Waals surface area contributed by atoms with Crippen LogP contribution in [-0.2, 0) is 4.74 Å². The van der Waals surface area contributed by atoms with Crippen molar-refractivity contribution in [3.05, 3.63) is 29.8 Å². The van der Waals surface area contributed by atoms with Crippen molar-refractivity contribution < 1.29 is 4.74 Å². The molecule has 17 heavy (non-hydrogen) atoms. The van der Waals surface area contributed by atoms with E-state index in [1.165, 1.54) is 12.1 Å². The zero-order valence-corrected chi connectivity index (χ0v) is 10.2. The topological polar surface area (TPSA) is 36.3 Å². The first-order chi connectivity index (χ1) is 8.33. The van der Waals surface area contributed by atoms with Gasteiger partial charge in [0.2, 0.25) is 0 Å². The van der Waals surface area contributed by atoms with Gasteiger partial charge in [-0.2, -0.15) is 5.26 Å². The van der Waals surface area contributed by atoms with Crippen LogP contribution < -0.4 is 4.90 Å². The van der Waals surface area contributed by atoms with Crippen LogP contribution in [0, 0.1) is 11.3 Å². The molecule has 1 aromatic rings. The van der Waals surface area contributed by atoms with Crippen molar-refractivity contribution in [3.8, 4) is 6.07 Å². The quantitative estimate of drug-likeness (QED) is 0.800. The first kappa shape index (κ1) is 11.9. The third-order valence-corrected chi connectivity index (χ3v) is 3.14. The van der Waals surface area contributed by atoms with Gasteiger partial charge in [-0.3, -0.25) is 0 Å². The van der Waals surface area contributed by atoms with E-state index in [-0.39, 0.29) is 0 Å². The van der Waals surface area contributed by atoms with Crippen molar-refractivity contribution in [2.45, 2.75) is 25.9 Å². The summed E-state index contributed by atoms with van der Waals surface area (Å²) in [5.74, 6) is 0. The molecule has 1 atom stereocenters. The van der Waals surface area contributed by atoms with Crippen LogP contribution in [0.2, 0.25) is 0 Å². The molecule has 3 nitrogen and oxygen atoms in total. The Balaban J connectivity index is 2.03. The number of hydrogen-bond donors (Lipinski definition) is 0. The zero-order valence-electron chi connectivity index (χ0n) is 10.2. The fourth-order valence-electron chi connectivity index (χ4n) is 2.29. The molecule has 90 valence electrons. The summed E-state index contributed by atoms with van der Waals surface area (Å²) in [4.78, 5) is 2.34. The monoisotopic (exact) mass is 230 g/mol. The van der Waals surface area contributed by atoms with Crippen LogP contribution in [0.3, 0.4) is 0 Å². The van der Waals surface area contributed by atoms with Gasteiger partial charge in [-0.1, -0.05) is 0 Å². The van der Waals surface area contributed by atoms with Crippen LogP contribution in [0.5, 0.6) is 0 Å². The Morgan fingerprint density at radius 2 is 2.18 bits per heavy atom. The number of nitriles is 1. The number of nitrogens with zero attached hydrogens (tertiary/aromatic N) is 2. The number of hydrogen-bond acceptors (Lipinski definition) is 3. The third-order valence-electron chi connectivity index (χ3n) is 3.14. The average Bonchev–Trinajstić information content (AvgIpc) is 2.40. The molecule has 3 heteroatoms. The first-order valence-electron chi connectivity index (χ1n) is 6.20. The molecule has 1 unspecified atom stereocenters. The normalized spacial score (nSPS) is 20.0. The number of rotatable bonds is 3. The van der Waals surface area contributed by atoms with E-state index in [9.17, 15) is 0 Å². The van der Waals surface area contributed by atoms with E-state index in [4.69, 9.17) is 10.00 Å². The first-order valence-corrected chi connectivity index (χ1v) is 6.20. The van der Waals surface area contributed by atoms with Gasteiger partial charge in [0.15, 0.2) is 0 Å². The Morgan fingerprint density at radius 3 is 2.82 bits per heavy atom. The van der Waals surface area contributed by atoms with E-state index in [0.29, 0.717) is 11.7 Å². The van der Waals surface area contributed by atoms with Gasteiger partial charge >= 0.3 is 0 Å². The summed E-state index contributed by atoms with van der Waals surface area (Å²) in [6.07, 6.45) is 2.68. The van der Waals surface area contributed by atoms with E-state index in [1.807, 2.05) is 31.2 Å². The van der Waals surface area contributed by atoms with E-state index >= 15 is 0 Å². The minimum atomic E-state index is 0.351. The van der Waals surface area contributed by atoms with Crippen LogP contribution in [0.25, 0.3) is 0 Å². The molecule has 1 saturated heterocycles. The minimum Gasteiger partial charge on any atom is -0.377 e. The van der Waals surface area contributed by atoms with E-state index in [0.717, 1.165) is 26.1 Å². The number of piperidine rings is 1. The van der Waals surface area contributed by atoms with Gasteiger partial charge in [-0.15, -0.1) is 0 Å². The van der Waals surface area contributed by atoms with Crippen LogP contribution in [-0.4, -0.2) is 25.8 Å². The second-order valence-electron chi connectivity index (χ2n) is 4.32. The van der Waals surface area contributed by atoms with Crippen molar-refractivity contribution in [1.29, 1.82) is 5.26 Å².